The lowest BCUT2D eigenvalue weighted by atomic mass is 10.1. The molecule has 1 aliphatic rings. The number of hydrogen-bond donors (Lipinski definition) is 2. The monoisotopic (exact) mass is 368 g/mol. The summed E-state index contributed by atoms with van der Waals surface area (Å²) in [6.07, 6.45) is 2.86. The summed E-state index contributed by atoms with van der Waals surface area (Å²) in [5, 5.41) is 6.63. The van der Waals surface area contributed by atoms with Crippen molar-refractivity contribution in [3.05, 3.63) is 59.4 Å². The number of aromatic nitrogens is 1. The molecule has 6 heteroatoms. The molecule has 0 saturated carbocycles. The third-order valence-corrected chi connectivity index (χ3v) is 4.55. The van der Waals surface area contributed by atoms with Crippen LogP contribution in [0.1, 0.15) is 23.2 Å². The van der Waals surface area contributed by atoms with E-state index in [1.165, 1.54) is 5.56 Å². The highest BCUT2D eigenvalue weighted by Gasteiger charge is 2.17. The van der Waals surface area contributed by atoms with Gasteiger partial charge in [-0.1, -0.05) is 18.2 Å². The molecule has 2 aromatic rings. The van der Waals surface area contributed by atoms with Gasteiger partial charge in [0, 0.05) is 37.9 Å². The van der Waals surface area contributed by atoms with Gasteiger partial charge in [-0.05, 0) is 37.1 Å². The Morgan fingerprint density at radius 3 is 2.89 bits per heavy atom. The zero-order valence-corrected chi connectivity index (χ0v) is 16.1. The number of pyridine rings is 1. The summed E-state index contributed by atoms with van der Waals surface area (Å²) in [6.45, 7) is 5.68. The van der Waals surface area contributed by atoms with Crippen LogP contribution in [0, 0.1) is 12.8 Å². The number of benzene rings is 1. The fraction of sp³-hybridized carbons (Fsp3) is 0.429. The Morgan fingerprint density at radius 2 is 2.15 bits per heavy atom. The van der Waals surface area contributed by atoms with Gasteiger partial charge in [0.1, 0.15) is 5.75 Å². The first-order valence-corrected chi connectivity index (χ1v) is 9.39. The van der Waals surface area contributed by atoms with Crippen LogP contribution in [0.4, 0.5) is 0 Å². The summed E-state index contributed by atoms with van der Waals surface area (Å²) in [5.74, 6) is 2.14. The zero-order valence-electron chi connectivity index (χ0n) is 16.1. The van der Waals surface area contributed by atoms with Crippen LogP contribution in [0.25, 0.3) is 0 Å². The minimum Gasteiger partial charge on any atom is -0.493 e. The Bertz CT molecular complexity index is 743. The number of aryl methyl sites for hydroxylation is 1. The van der Waals surface area contributed by atoms with Crippen molar-refractivity contribution in [2.45, 2.75) is 26.4 Å². The van der Waals surface area contributed by atoms with Gasteiger partial charge in [-0.2, -0.15) is 0 Å². The molecule has 2 heterocycles. The first-order chi connectivity index (χ1) is 13.2. The van der Waals surface area contributed by atoms with E-state index in [1.807, 2.05) is 18.2 Å². The topological polar surface area (TPSA) is 67.8 Å². The van der Waals surface area contributed by atoms with Crippen molar-refractivity contribution >= 4 is 5.96 Å². The zero-order chi connectivity index (χ0) is 18.9. The molecule has 0 bridgehead atoms. The average Bonchev–Trinajstić information content (AvgIpc) is 3.22. The Hall–Kier alpha value is -2.60. The van der Waals surface area contributed by atoms with Gasteiger partial charge < -0.3 is 20.1 Å². The second-order valence-corrected chi connectivity index (χ2v) is 6.75. The fourth-order valence-electron chi connectivity index (χ4n) is 2.94. The highest BCUT2D eigenvalue weighted by molar-refractivity contribution is 5.79. The largest absolute Gasteiger partial charge is 0.493 e. The molecule has 1 aromatic carbocycles. The van der Waals surface area contributed by atoms with Gasteiger partial charge in [0.05, 0.1) is 25.5 Å². The van der Waals surface area contributed by atoms with Gasteiger partial charge in [0.15, 0.2) is 5.96 Å². The molecule has 1 fully saturated rings. The van der Waals surface area contributed by atoms with E-state index in [4.69, 9.17) is 9.47 Å². The molecular weight excluding hydrogens is 340 g/mol. The Balaban J connectivity index is 1.55. The Morgan fingerprint density at radius 1 is 1.26 bits per heavy atom. The van der Waals surface area contributed by atoms with E-state index in [0.29, 0.717) is 25.6 Å². The quantitative estimate of drug-likeness (QED) is 0.581. The first-order valence-electron chi connectivity index (χ1n) is 9.39. The molecule has 1 atom stereocenters. The number of aliphatic imine (C=N–C) groups is 1. The second-order valence-electron chi connectivity index (χ2n) is 6.75. The number of ether oxygens (including phenoxy) is 2. The smallest absolute Gasteiger partial charge is 0.191 e. The van der Waals surface area contributed by atoms with E-state index in [2.05, 4.69) is 45.7 Å². The highest BCUT2D eigenvalue weighted by Crippen LogP contribution is 2.22. The molecule has 1 aromatic heterocycles. The van der Waals surface area contributed by atoms with Crippen LogP contribution in [-0.4, -0.2) is 37.8 Å². The maximum atomic E-state index is 6.11. The highest BCUT2D eigenvalue weighted by atomic mass is 16.5. The number of hydrogen-bond acceptors (Lipinski definition) is 4. The molecule has 1 saturated heterocycles. The van der Waals surface area contributed by atoms with Crippen molar-refractivity contribution in [3.8, 4) is 5.75 Å². The number of nitrogens with one attached hydrogen (secondary N) is 2. The van der Waals surface area contributed by atoms with Crippen molar-refractivity contribution in [2.75, 3.05) is 26.9 Å². The maximum Gasteiger partial charge on any atom is 0.191 e. The summed E-state index contributed by atoms with van der Waals surface area (Å²) in [5.41, 5.74) is 3.27. The molecule has 144 valence electrons. The van der Waals surface area contributed by atoms with Gasteiger partial charge in [-0.25, -0.2) is 0 Å². The number of guanidine groups is 1. The van der Waals surface area contributed by atoms with E-state index >= 15 is 0 Å². The normalized spacial score (nSPS) is 17.0. The fourth-order valence-corrected chi connectivity index (χ4v) is 2.94. The number of rotatable bonds is 7. The molecule has 6 nitrogen and oxygen atoms in total. The van der Waals surface area contributed by atoms with Gasteiger partial charge >= 0.3 is 0 Å². The minimum absolute atomic E-state index is 0.485. The van der Waals surface area contributed by atoms with Crippen LogP contribution >= 0.6 is 0 Å². The van der Waals surface area contributed by atoms with Gasteiger partial charge in [0.2, 0.25) is 0 Å². The van der Waals surface area contributed by atoms with Crippen molar-refractivity contribution in [1.29, 1.82) is 0 Å². The summed E-state index contributed by atoms with van der Waals surface area (Å²) >= 11 is 0. The lowest BCUT2D eigenvalue weighted by molar-refractivity contribution is 0.166. The van der Waals surface area contributed by atoms with Crippen molar-refractivity contribution in [1.82, 2.24) is 15.6 Å². The van der Waals surface area contributed by atoms with Crippen molar-refractivity contribution in [3.63, 3.8) is 0 Å². The van der Waals surface area contributed by atoms with Crippen LogP contribution in [0.2, 0.25) is 0 Å². The molecule has 0 radical (unpaired) electrons. The predicted molar refractivity (Wildman–Crippen MR) is 107 cm³/mol. The lowest BCUT2D eigenvalue weighted by Gasteiger charge is -2.17. The molecule has 27 heavy (non-hydrogen) atoms. The van der Waals surface area contributed by atoms with Crippen LogP contribution in [0.3, 0.4) is 0 Å². The second kappa shape index (κ2) is 9.92. The lowest BCUT2D eigenvalue weighted by Crippen LogP contribution is -2.36. The molecule has 2 N–H and O–H groups in total. The molecule has 3 rings (SSSR count). The van der Waals surface area contributed by atoms with E-state index in [1.54, 1.807) is 13.2 Å². The van der Waals surface area contributed by atoms with Crippen LogP contribution < -0.4 is 15.4 Å². The molecule has 1 aliphatic heterocycles. The number of nitrogens with zero attached hydrogens (tertiary/aromatic N) is 2. The average molecular weight is 368 g/mol. The summed E-state index contributed by atoms with van der Waals surface area (Å²) < 4.78 is 11.5. The predicted octanol–water partition coefficient (Wildman–Crippen LogP) is 2.67. The van der Waals surface area contributed by atoms with E-state index in [-0.39, 0.29) is 0 Å². The van der Waals surface area contributed by atoms with E-state index in [9.17, 15) is 0 Å². The standard InChI is InChI=1S/C21H28N4O2/c1-16-6-7-18(20(11-16)27-15-17-8-10-26-14-17)12-24-21(22-2)25-13-19-5-3-4-9-23-19/h3-7,9,11,17H,8,10,12-15H2,1-2H3,(H2,22,24,25). The van der Waals surface area contributed by atoms with Crippen molar-refractivity contribution in [2.24, 2.45) is 10.9 Å². The first kappa shape index (κ1) is 19.2. The van der Waals surface area contributed by atoms with Crippen LogP contribution in [0.5, 0.6) is 5.75 Å². The van der Waals surface area contributed by atoms with Crippen LogP contribution in [-0.2, 0) is 17.8 Å². The third kappa shape index (κ3) is 5.96. The third-order valence-electron chi connectivity index (χ3n) is 4.55. The molecule has 0 amide bonds. The Labute approximate surface area is 161 Å². The van der Waals surface area contributed by atoms with E-state index < -0.39 is 0 Å². The van der Waals surface area contributed by atoms with E-state index in [0.717, 1.165) is 42.6 Å². The molecule has 1 unspecified atom stereocenters. The summed E-state index contributed by atoms with van der Waals surface area (Å²) in [6, 6.07) is 12.2. The minimum atomic E-state index is 0.485. The maximum absolute atomic E-state index is 6.11. The van der Waals surface area contributed by atoms with Gasteiger partial charge in [-0.3, -0.25) is 9.98 Å². The van der Waals surface area contributed by atoms with Gasteiger partial charge in [-0.15, -0.1) is 0 Å². The SMILES string of the molecule is CN=C(NCc1ccccn1)NCc1ccc(C)cc1OCC1CCOC1. The van der Waals surface area contributed by atoms with Crippen LogP contribution in [0.15, 0.2) is 47.6 Å². The molecule has 0 spiro atoms. The molecule has 0 aliphatic carbocycles. The Kier molecular flexibility index (Phi) is 7.04. The summed E-state index contributed by atoms with van der Waals surface area (Å²) in [4.78, 5) is 8.60. The van der Waals surface area contributed by atoms with Crippen molar-refractivity contribution < 1.29 is 9.47 Å². The molecular formula is C21H28N4O2. The van der Waals surface area contributed by atoms with Gasteiger partial charge in [0.25, 0.3) is 0 Å². The summed E-state index contributed by atoms with van der Waals surface area (Å²) in [7, 11) is 1.76.